The lowest BCUT2D eigenvalue weighted by Gasteiger charge is -2.16. The number of unbranched alkanes of at least 4 members (excludes halogenated alkanes) is 15. The van der Waals surface area contributed by atoms with Gasteiger partial charge in [0.05, 0.1) is 32.5 Å². The van der Waals surface area contributed by atoms with Crippen molar-refractivity contribution in [2.45, 2.75) is 122 Å². The molecule has 1 aromatic rings. The number of ether oxygens (including phenoxy) is 2. The zero-order valence-electron chi connectivity index (χ0n) is 22.1. The molecule has 0 saturated heterocycles. The number of rotatable bonds is 23. The second-order valence-corrected chi connectivity index (χ2v) is 9.61. The van der Waals surface area contributed by atoms with Crippen LogP contribution in [0.4, 0.5) is 5.69 Å². The first-order chi connectivity index (χ1) is 17.2. The van der Waals surface area contributed by atoms with E-state index in [-0.39, 0.29) is 13.2 Å². The molecule has 0 fully saturated rings. The summed E-state index contributed by atoms with van der Waals surface area (Å²) < 4.78 is 11.4. The summed E-state index contributed by atoms with van der Waals surface area (Å²) in [7, 11) is 0. The van der Waals surface area contributed by atoms with Gasteiger partial charge in [-0.25, -0.2) is 4.85 Å². The predicted octanol–water partition coefficient (Wildman–Crippen LogP) is 8.26. The van der Waals surface area contributed by atoms with Crippen LogP contribution in [-0.4, -0.2) is 31.0 Å². The zero-order chi connectivity index (χ0) is 25.4. The van der Waals surface area contributed by atoms with Gasteiger partial charge in [-0.05, 0) is 24.1 Å². The fourth-order valence-electron chi connectivity index (χ4n) is 4.22. The molecule has 0 aromatic heterocycles. The molecule has 1 atom stereocenters. The van der Waals surface area contributed by atoms with Crippen molar-refractivity contribution in [2.75, 3.05) is 19.8 Å². The Morgan fingerprint density at radius 3 is 1.89 bits per heavy atom. The van der Waals surface area contributed by atoms with Crippen molar-refractivity contribution in [3.8, 4) is 6.07 Å². The van der Waals surface area contributed by atoms with Gasteiger partial charge in [-0.3, -0.25) is 0 Å². The number of nitrogens with zero attached hydrogens (tertiary/aromatic N) is 2. The van der Waals surface area contributed by atoms with Crippen LogP contribution in [-0.2, 0) is 16.1 Å². The van der Waals surface area contributed by atoms with Crippen molar-refractivity contribution in [1.82, 2.24) is 0 Å². The third-order valence-corrected chi connectivity index (χ3v) is 6.37. The fraction of sp³-hybridized carbons (Fsp3) is 0.733. The highest BCUT2D eigenvalue weighted by Crippen LogP contribution is 2.19. The molecule has 0 bridgehead atoms. The SMILES string of the molecule is [C-]#[N+]c1cc(C#N)cc(CO[C@@H](CO)COCCCCCCCCCCCCCCCCCC)c1. The Morgan fingerprint density at radius 1 is 0.857 bits per heavy atom. The van der Waals surface area contributed by atoms with E-state index < -0.39 is 6.10 Å². The summed E-state index contributed by atoms with van der Waals surface area (Å²) in [5, 5.41) is 18.6. The maximum atomic E-state index is 9.54. The van der Waals surface area contributed by atoms with Gasteiger partial charge in [-0.2, -0.15) is 5.26 Å². The van der Waals surface area contributed by atoms with Gasteiger partial charge >= 0.3 is 0 Å². The number of benzene rings is 1. The van der Waals surface area contributed by atoms with Gasteiger partial charge < -0.3 is 14.6 Å². The Kier molecular flexibility index (Phi) is 20.0. The maximum absolute atomic E-state index is 9.54. The number of aliphatic hydroxyl groups excluding tert-OH is 1. The minimum atomic E-state index is -0.404. The smallest absolute Gasteiger partial charge is 0.188 e. The molecule has 5 nitrogen and oxygen atoms in total. The molecule has 5 heteroatoms. The summed E-state index contributed by atoms with van der Waals surface area (Å²) in [4.78, 5) is 3.39. The average molecular weight is 485 g/mol. The van der Waals surface area contributed by atoms with Gasteiger partial charge in [0, 0.05) is 12.2 Å². The van der Waals surface area contributed by atoms with Gasteiger partial charge in [-0.1, -0.05) is 109 Å². The summed E-state index contributed by atoms with van der Waals surface area (Å²) in [5.41, 5.74) is 1.62. The van der Waals surface area contributed by atoms with Crippen LogP contribution in [0, 0.1) is 17.9 Å². The van der Waals surface area contributed by atoms with E-state index >= 15 is 0 Å². The van der Waals surface area contributed by atoms with Gasteiger partial charge in [0.25, 0.3) is 0 Å². The Labute approximate surface area is 214 Å². The minimum Gasteiger partial charge on any atom is -0.394 e. The lowest BCUT2D eigenvalue weighted by molar-refractivity contribution is -0.0502. The third kappa shape index (κ3) is 17.2. The van der Waals surface area contributed by atoms with Crippen LogP contribution in [0.3, 0.4) is 0 Å². The topological polar surface area (TPSA) is 66.8 Å². The van der Waals surface area contributed by atoms with Crippen LogP contribution in [0.15, 0.2) is 18.2 Å². The Balaban J connectivity index is 1.93. The minimum absolute atomic E-state index is 0.118. The summed E-state index contributed by atoms with van der Waals surface area (Å²) in [6.07, 6.45) is 21.2. The lowest BCUT2D eigenvalue weighted by Crippen LogP contribution is -2.24. The van der Waals surface area contributed by atoms with Gasteiger partial charge in [-0.15, -0.1) is 0 Å². The first-order valence-corrected chi connectivity index (χ1v) is 13.9. The number of hydrogen-bond donors (Lipinski definition) is 1. The first kappa shape index (κ1) is 31.1. The molecular weight excluding hydrogens is 436 g/mol. The van der Waals surface area contributed by atoms with E-state index in [9.17, 15) is 5.11 Å². The van der Waals surface area contributed by atoms with Crippen molar-refractivity contribution < 1.29 is 14.6 Å². The quantitative estimate of drug-likeness (QED) is 0.125. The fourth-order valence-corrected chi connectivity index (χ4v) is 4.22. The molecule has 0 spiro atoms. The average Bonchev–Trinajstić information content (AvgIpc) is 2.89. The third-order valence-electron chi connectivity index (χ3n) is 6.37. The Morgan fingerprint density at radius 2 is 1.40 bits per heavy atom. The van der Waals surface area contributed by atoms with Crippen LogP contribution in [0.2, 0.25) is 0 Å². The first-order valence-electron chi connectivity index (χ1n) is 13.9. The Bertz CT molecular complexity index is 691. The molecule has 0 radical (unpaired) electrons. The van der Waals surface area contributed by atoms with Crippen LogP contribution in [0.1, 0.15) is 121 Å². The van der Waals surface area contributed by atoms with Crippen molar-refractivity contribution in [3.63, 3.8) is 0 Å². The van der Waals surface area contributed by atoms with E-state index in [2.05, 4.69) is 17.8 Å². The molecule has 0 unspecified atom stereocenters. The van der Waals surface area contributed by atoms with Crippen LogP contribution < -0.4 is 0 Å². The van der Waals surface area contributed by atoms with E-state index in [0.717, 1.165) is 12.0 Å². The van der Waals surface area contributed by atoms with Crippen LogP contribution in [0.25, 0.3) is 4.85 Å². The highest BCUT2D eigenvalue weighted by atomic mass is 16.5. The van der Waals surface area contributed by atoms with E-state index in [0.29, 0.717) is 24.5 Å². The zero-order valence-corrected chi connectivity index (χ0v) is 22.1. The monoisotopic (exact) mass is 484 g/mol. The Hall–Kier alpha value is -1.92. The summed E-state index contributed by atoms with van der Waals surface area (Å²) in [5.74, 6) is 0. The standard InChI is InChI=1S/C30H48N2O3/c1-3-4-5-6-7-8-9-10-11-12-13-14-15-16-17-18-19-34-26-30(24-33)35-25-28-20-27(23-31)21-29(22-28)32-2/h20-22,30,33H,3-19,24-26H2,1H3/t30-/m0/s1. The maximum Gasteiger partial charge on any atom is 0.188 e. The van der Waals surface area contributed by atoms with E-state index in [1.165, 1.54) is 96.3 Å². The van der Waals surface area contributed by atoms with Crippen molar-refractivity contribution >= 4 is 5.69 Å². The van der Waals surface area contributed by atoms with Gasteiger partial charge in [0.15, 0.2) is 5.69 Å². The molecular formula is C30H48N2O3. The molecule has 1 N–H and O–H groups in total. The summed E-state index contributed by atoms with van der Waals surface area (Å²) >= 11 is 0. The largest absolute Gasteiger partial charge is 0.394 e. The number of aliphatic hydroxyl groups is 1. The molecule has 0 aliphatic carbocycles. The number of nitriles is 1. The molecule has 0 aliphatic rings. The predicted molar refractivity (Wildman–Crippen MR) is 143 cm³/mol. The van der Waals surface area contributed by atoms with Gasteiger partial charge in [0.1, 0.15) is 6.10 Å². The van der Waals surface area contributed by atoms with E-state index in [4.69, 9.17) is 21.3 Å². The highest BCUT2D eigenvalue weighted by molar-refractivity contribution is 5.52. The summed E-state index contributed by atoms with van der Waals surface area (Å²) in [6.45, 7) is 10.6. The van der Waals surface area contributed by atoms with Crippen LogP contribution in [0.5, 0.6) is 0 Å². The molecule has 35 heavy (non-hydrogen) atoms. The van der Waals surface area contributed by atoms with Crippen molar-refractivity contribution in [2.24, 2.45) is 0 Å². The second kappa shape index (κ2) is 22.5. The van der Waals surface area contributed by atoms with E-state index in [1.807, 2.05) is 0 Å². The summed E-state index contributed by atoms with van der Waals surface area (Å²) in [6, 6.07) is 7.03. The van der Waals surface area contributed by atoms with E-state index in [1.54, 1.807) is 18.2 Å². The molecule has 0 saturated carbocycles. The van der Waals surface area contributed by atoms with Crippen molar-refractivity contribution in [3.05, 3.63) is 40.7 Å². The van der Waals surface area contributed by atoms with Gasteiger partial charge in [0.2, 0.25) is 0 Å². The normalized spacial score (nSPS) is 11.8. The lowest BCUT2D eigenvalue weighted by atomic mass is 10.0. The van der Waals surface area contributed by atoms with Crippen LogP contribution >= 0.6 is 0 Å². The molecule has 0 amide bonds. The molecule has 196 valence electrons. The van der Waals surface area contributed by atoms with Crippen molar-refractivity contribution in [1.29, 1.82) is 5.26 Å². The molecule has 0 heterocycles. The highest BCUT2D eigenvalue weighted by Gasteiger charge is 2.09. The number of hydrogen-bond acceptors (Lipinski definition) is 4. The molecule has 0 aliphatic heterocycles. The molecule has 1 aromatic carbocycles. The molecule has 1 rings (SSSR count). The second-order valence-electron chi connectivity index (χ2n) is 9.61.